The highest BCUT2D eigenvalue weighted by atomic mass is 16.3. The highest BCUT2D eigenvalue weighted by Gasteiger charge is 2.67. The van der Waals surface area contributed by atoms with Gasteiger partial charge in [0.2, 0.25) is 0 Å². The van der Waals surface area contributed by atoms with Crippen LogP contribution in [0.5, 0.6) is 0 Å². The first-order valence-corrected chi connectivity index (χ1v) is 10.8. The van der Waals surface area contributed by atoms with E-state index in [-0.39, 0.29) is 11.5 Å². The molecule has 4 fully saturated rings. The lowest BCUT2D eigenvalue weighted by Crippen LogP contribution is -2.62. The fourth-order valence-corrected chi connectivity index (χ4v) is 8.21. The number of fused-ring (bicyclic) bond motifs is 5. The van der Waals surface area contributed by atoms with Gasteiger partial charge in [0, 0.05) is 5.41 Å². The highest BCUT2D eigenvalue weighted by molar-refractivity contribution is 5.26. The van der Waals surface area contributed by atoms with E-state index in [9.17, 15) is 10.2 Å². The molecule has 2 N–H and O–H groups in total. The SMILES string of the molecule is C[C@]12CC[C@H](O)C[C@H]1CC[C@@H]1[C@@H]2CC[C@]2(C)C(c3ccoc3)CC[C@]12O. The first kappa shape index (κ1) is 17.3. The summed E-state index contributed by atoms with van der Waals surface area (Å²) in [6.45, 7) is 4.84. The minimum atomic E-state index is -0.540. The Hall–Kier alpha value is -0.800. The molecule has 0 amide bonds. The Bertz CT molecular complexity index is 669. The highest BCUT2D eigenvalue weighted by Crippen LogP contribution is 2.70. The second-order valence-corrected chi connectivity index (χ2v) is 10.4. The molecule has 0 aliphatic heterocycles. The fraction of sp³-hybridized carbons (Fsp3) is 0.826. The molecule has 8 atom stereocenters. The van der Waals surface area contributed by atoms with E-state index in [4.69, 9.17) is 4.42 Å². The van der Waals surface area contributed by atoms with Gasteiger partial charge in [0.15, 0.2) is 0 Å². The summed E-state index contributed by atoms with van der Waals surface area (Å²) in [5.41, 5.74) is 1.02. The number of aliphatic hydroxyl groups excluding tert-OH is 1. The predicted octanol–water partition coefficient (Wildman–Crippen LogP) is 4.88. The van der Waals surface area contributed by atoms with Crippen molar-refractivity contribution < 1.29 is 14.6 Å². The van der Waals surface area contributed by atoms with Crippen LogP contribution in [0.2, 0.25) is 0 Å². The minimum absolute atomic E-state index is 0.0323. The minimum Gasteiger partial charge on any atom is -0.472 e. The molecule has 0 saturated heterocycles. The Labute approximate surface area is 157 Å². The van der Waals surface area contributed by atoms with Crippen molar-refractivity contribution in [2.24, 2.45) is 28.6 Å². The molecule has 4 aliphatic rings. The third-order valence-electron chi connectivity index (χ3n) is 9.77. The van der Waals surface area contributed by atoms with Crippen molar-refractivity contribution >= 4 is 0 Å². The van der Waals surface area contributed by atoms with Crippen molar-refractivity contribution in [1.82, 2.24) is 0 Å². The molecular weight excluding hydrogens is 324 g/mol. The molecule has 0 aromatic carbocycles. The van der Waals surface area contributed by atoms with Gasteiger partial charge in [-0.2, -0.15) is 0 Å². The van der Waals surface area contributed by atoms with E-state index in [1.54, 1.807) is 6.26 Å². The summed E-state index contributed by atoms with van der Waals surface area (Å²) in [5, 5.41) is 22.3. The Kier molecular flexibility index (Phi) is 3.73. The summed E-state index contributed by atoms with van der Waals surface area (Å²) >= 11 is 0. The second kappa shape index (κ2) is 5.61. The summed E-state index contributed by atoms with van der Waals surface area (Å²) < 4.78 is 5.38. The Balaban J connectivity index is 1.49. The number of hydrogen-bond acceptors (Lipinski definition) is 3. The monoisotopic (exact) mass is 358 g/mol. The maximum Gasteiger partial charge on any atom is 0.0937 e. The first-order valence-electron chi connectivity index (χ1n) is 10.8. The second-order valence-electron chi connectivity index (χ2n) is 10.4. The van der Waals surface area contributed by atoms with Crippen molar-refractivity contribution in [1.29, 1.82) is 0 Å². The lowest BCUT2D eigenvalue weighted by molar-refractivity contribution is -0.205. The molecule has 144 valence electrons. The van der Waals surface area contributed by atoms with Crippen molar-refractivity contribution in [3.05, 3.63) is 24.2 Å². The summed E-state index contributed by atoms with van der Waals surface area (Å²) in [6, 6.07) is 2.11. The molecular formula is C23H34O3. The zero-order chi connectivity index (χ0) is 18.2. The van der Waals surface area contributed by atoms with Crippen molar-refractivity contribution in [3.8, 4) is 0 Å². The molecule has 0 radical (unpaired) electrons. The molecule has 1 unspecified atom stereocenters. The van der Waals surface area contributed by atoms with Gasteiger partial charge in [-0.05, 0) is 98.5 Å². The van der Waals surface area contributed by atoms with Crippen LogP contribution < -0.4 is 0 Å². The Morgan fingerprint density at radius 1 is 1.00 bits per heavy atom. The van der Waals surface area contributed by atoms with E-state index in [2.05, 4.69) is 19.9 Å². The van der Waals surface area contributed by atoms with Crippen LogP contribution in [0.3, 0.4) is 0 Å². The van der Waals surface area contributed by atoms with Gasteiger partial charge in [-0.15, -0.1) is 0 Å². The van der Waals surface area contributed by atoms with E-state index in [1.165, 1.54) is 18.4 Å². The van der Waals surface area contributed by atoms with Gasteiger partial charge in [-0.1, -0.05) is 13.8 Å². The Morgan fingerprint density at radius 2 is 1.85 bits per heavy atom. The molecule has 3 nitrogen and oxygen atoms in total. The third kappa shape index (κ3) is 2.08. The largest absolute Gasteiger partial charge is 0.472 e. The average Bonchev–Trinajstić information content (AvgIpc) is 3.21. The maximum atomic E-state index is 12.1. The maximum absolute atomic E-state index is 12.1. The standard InChI is InChI=1S/C23H34O3/c1-21-9-5-17(24)13-16(21)3-4-20-19(21)6-10-22(2)18(7-11-23(20,22)25)15-8-12-26-14-15/h8,12,14,16-20,24-25H,3-7,9-11,13H2,1-2H3/t16-,17+,18?,19+,20-,21+,22-,23+/m1/s1. The fourth-order valence-electron chi connectivity index (χ4n) is 8.21. The molecule has 4 aliphatic carbocycles. The summed E-state index contributed by atoms with van der Waals surface area (Å²) in [4.78, 5) is 0. The number of furan rings is 1. The zero-order valence-corrected chi connectivity index (χ0v) is 16.3. The third-order valence-corrected chi connectivity index (χ3v) is 9.77. The summed E-state index contributed by atoms with van der Waals surface area (Å²) in [7, 11) is 0. The van der Waals surface area contributed by atoms with Gasteiger partial charge in [0.25, 0.3) is 0 Å². The number of rotatable bonds is 1. The van der Waals surface area contributed by atoms with Crippen molar-refractivity contribution in [2.45, 2.75) is 89.3 Å². The van der Waals surface area contributed by atoms with E-state index < -0.39 is 5.60 Å². The van der Waals surface area contributed by atoms with Crippen molar-refractivity contribution in [2.75, 3.05) is 0 Å². The summed E-state index contributed by atoms with van der Waals surface area (Å²) in [6.07, 6.45) is 13.3. The molecule has 4 saturated carbocycles. The van der Waals surface area contributed by atoms with Crippen LogP contribution in [0.25, 0.3) is 0 Å². The molecule has 0 bridgehead atoms. The summed E-state index contributed by atoms with van der Waals surface area (Å²) in [5.74, 6) is 2.11. The van der Waals surface area contributed by atoms with E-state index in [1.807, 2.05) is 6.26 Å². The average molecular weight is 359 g/mol. The van der Waals surface area contributed by atoms with E-state index >= 15 is 0 Å². The zero-order valence-electron chi connectivity index (χ0n) is 16.3. The van der Waals surface area contributed by atoms with Crippen molar-refractivity contribution in [3.63, 3.8) is 0 Å². The first-order chi connectivity index (χ1) is 12.4. The molecule has 5 rings (SSSR count). The van der Waals surface area contributed by atoms with Gasteiger partial charge < -0.3 is 14.6 Å². The van der Waals surface area contributed by atoms with Gasteiger partial charge in [-0.3, -0.25) is 0 Å². The lowest BCUT2D eigenvalue weighted by atomic mass is 9.43. The van der Waals surface area contributed by atoms with Crippen LogP contribution in [-0.4, -0.2) is 21.9 Å². The van der Waals surface area contributed by atoms with Gasteiger partial charge in [0.05, 0.1) is 24.2 Å². The van der Waals surface area contributed by atoms with Gasteiger partial charge in [-0.25, -0.2) is 0 Å². The normalized spacial score (nSPS) is 53.6. The molecule has 1 aromatic heterocycles. The number of aliphatic hydroxyl groups is 2. The topological polar surface area (TPSA) is 53.6 Å². The van der Waals surface area contributed by atoms with E-state index in [0.717, 1.165) is 44.9 Å². The molecule has 1 aromatic rings. The predicted molar refractivity (Wildman–Crippen MR) is 101 cm³/mol. The van der Waals surface area contributed by atoms with Crippen LogP contribution in [-0.2, 0) is 0 Å². The lowest BCUT2D eigenvalue weighted by Gasteiger charge is -2.63. The van der Waals surface area contributed by atoms with Crippen LogP contribution in [0.4, 0.5) is 0 Å². The quantitative estimate of drug-likeness (QED) is 0.752. The number of hydrogen-bond donors (Lipinski definition) is 2. The molecule has 26 heavy (non-hydrogen) atoms. The van der Waals surface area contributed by atoms with Crippen LogP contribution >= 0.6 is 0 Å². The Morgan fingerprint density at radius 3 is 2.62 bits per heavy atom. The van der Waals surface area contributed by atoms with Crippen LogP contribution in [0, 0.1) is 28.6 Å². The van der Waals surface area contributed by atoms with E-state index in [0.29, 0.717) is 29.1 Å². The van der Waals surface area contributed by atoms with Crippen LogP contribution in [0.15, 0.2) is 23.0 Å². The van der Waals surface area contributed by atoms with Gasteiger partial charge >= 0.3 is 0 Å². The molecule has 3 heteroatoms. The smallest absolute Gasteiger partial charge is 0.0937 e. The molecule has 1 heterocycles. The van der Waals surface area contributed by atoms with Crippen LogP contribution in [0.1, 0.15) is 83.1 Å². The van der Waals surface area contributed by atoms with Gasteiger partial charge in [0.1, 0.15) is 0 Å². The molecule has 0 spiro atoms.